The van der Waals surface area contributed by atoms with Crippen molar-refractivity contribution in [3.8, 4) is 17.0 Å². The lowest BCUT2D eigenvalue weighted by atomic mass is 10.1. The van der Waals surface area contributed by atoms with E-state index in [1.807, 2.05) is 24.3 Å². The minimum absolute atomic E-state index is 0.244. The van der Waals surface area contributed by atoms with Crippen LogP contribution in [0.25, 0.3) is 11.3 Å². The van der Waals surface area contributed by atoms with Crippen molar-refractivity contribution < 1.29 is 4.74 Å². The van der Waals surface area contributed by atoms with Crippen molar-refractivity contribution in [3.05, 3.63) is 46.2 Å². The molecular formula is C15H19N3O2. The van der Waals surface area contributed by atoms with Gasteiger partial charge >= 0.3 is 0 Å². The Balaban J connectivity index is 2.27. The van der Waals surface area contributed by atoms with Crippen LogP contribution in [0.3, 0.4) is 0 Å². The number of nitrogens with two attached hydrogens (primary N) is 1. The lowest BCUT2D eigenvalue weighted by Gasteiger charge is -2.08. The van der Waals surface area contributed by atoms with Crippen LogP contribution in [0.15, 0.2) is 35.1 Å². The van der Waals surface area contributed by atoms with Crippen LogP contribution in [0, 0.1) is 0 Å². The zero-order chi connectivity index (χ0) is 14.5. The highest BCUT2D eigenvalue weighted by Gasteiger charge is 2.08. The van der Waals surface area contributed by atoms with Gasteiger partial charge in [-0.1, -0.05) is 6.92 Å². The highest BCUT2D eigenvalue weighted by molar-refractivity contribution is 5.60. The van der Waals surface area contributed by atoms with Gasteiger partial charge in [0.05, 0.1) is 12.3 Å². The minimum Gasteiger partial charge on any atom is -0.494 e. The van der Waals surface area contributed by atoms with Crippen LogP contribution in [0.4, 0.5) is 0 Å². The maximum Gasteiger partial charge on any atom is 0.268 e. The van der Waals surface area contributed by atoms with Crippen molar-refractivity contribution in [3.63, 3.8) is 0 Å². The number of rotatable bonds is 5. The molecule has 1 aromatic carbocycles. The average molecular weight is 273 g/mol. The fourth-order valence-corrected chi connectivity index (χ4v) is 1.85. The molecule has 2 rings (SSSR count). The summed E-state index contributed by atoms with van der Waals surface area (Å²) in [7, 11) is 0. The second-order valence-corrected chi connectivity index (χ2v) is 4.70. The first-order valence-electron chi connectivity index (χ1n) is 6.70. The van der Waals surface area contributed by atoms with E-state index in [9.17, 15) is 4.79 Å². The molecule has 0 aliphatic carbocycles. The molecule has 0 saturated carbocycles. The van der Waals surface area contributed by atoms with Crippen molar-refractivity contribution >= 4 is 0 Å². The summed E-state index contributed by atoms with van der Waals surface area (Å²) in [5.41, 5.74) is 7.66. The number of hydrogen-bond acceptors (Lipinski definition) is 4. The number of ether oxygens (including phenoxy) is 1. The molecule has 1 unspecified atom stereocenters. The van der Waals surface area contributed by atoms with Gasteiger partial charge in [-0.05, 0) is 43.7 Å². The first-order valence-corrected chi connectivity index (χ1v) is 6.70. The summed E-state index contributed by atoms with van der Waals surface area (Å²) < 4.78 is 5.53. The maximum absolute atomic E-state index is 11.6. The smallest absolute Gasteiger partial charge is 0.268 e. The molecule has 106 valence electrons. The second kappa shape index (κ2) is 6.34. The van der Waals surface area contributed by atoms with Gasteiger partial charge in [0.2, 0.25) is 0 Å². The number of aromatic nitrogens is 2. The van der Waals surface area contributed by atoms with Crippen molar-refractivity contribution in [1.82, 2.24) is 10.2 Å². The van der Waals surface area contributed by atoms with E-state index in [0.29, 0.717) is 17.9 Å². The molecule has 5 heteroatoms. The van der Waals surface area contributed by atoms with Crippen LogP contribution in [-0.2, 0) is 0 Å². The Bertz CT molecular complexity index is 618. The van der Waals surface area contributed by atoms with Crippen LogP contribution in [0.5, 0.6) is 5.75 Å². The summed E-state index contributed by atoms with van der Waals surface area (Å²) in [5.74, 6) is 0.826. The monoisotopic (exact) mass is 273 g/mol. The lowest BCUT2D eigenvalue weighted by molar-refractivity contribution is 0.317. The van der Waals surface area contributed by atoms with Gasteiger partial charge in [-0.2, -0.15) is 5.10 Å². The summed E-state index contributed by atoms with van der Waals surface area (Å²) >= 11 is 0. The van der Waals surface area contributed by atoms with Gasteiger partial charge in [0, 0.05) is 17.2 Å². The number of nitrogens with zero attached hydrogens (tertiary/aromatic N) is 1. The Morgan fingerprint density at radius 2 is 2.05 bits per heavy atom. The van der Waals surface area contributed by atoms with Crippen molar-refractivity contribution in [2.24, 2.45) is 5.73 Å². The molecule has 0 spiro atoms. The van der Waals surface area contributed by atoms with E-state index in [0.717, 1.165) is 17.7 Å². The molecular weight excluding hydrogens is 254 g/mol. The predicted molar refractivity (Wildman–Crippen MR) is 78.7 cm³/mol. The fourth-order valence-electron chi connectivity index (χ4n) is 1.85. The number of H-pyrrole nitrogens is 1. The third-order valence-corrected chi connectivity index (χ3v) is 2.95. The van der Waals surface area contributed by atoms with Gasteiger partial charge < -0.3 is 10.5 Å². The summed E-state index contributed by atoms with van der Waals surface area (Å²) in [6, 6.07) is 9.01. The predicted octanol–water partition coefficient (Wildman–Crippen LogP) is 2.25. The zero-order valence-electron chi connectivity index (χ0n) is 11.7. The molecule has 2 aromatic rings. The summed E-state index contributed by atoms with van der Waals surface area (Å²) in [4.78, 5) is 11.6. The maximum atomic E-state index is 11.6. The van der Waals surface area contributed by atoms with E-state index in [1.165, 1.54) is 0 Å². The molecule has 0 bridgehead atoms. The van der Waals surface area contributed by atoms with Crippen LogP contribution < -0.4 is 16.0 Å². The van der Waals surface area contributed by atoms with Crippen molar-refractivity contribution in [1.29, 1.82) is 0 Å². The van der Waals surface area contributed by atoms with Crippen LogP contribution in [0.2, 0.25) is 0 Å². The van der Waals surface area contributed by atoms with Crippen LogP contribution in [0.1, 0.15) is 31.9 Å². The van der Waals surface area contributed by atoms with Gasteiger partial charge in [0.1, 0.15) is 5.75 Å². The lowest BCUT2D eigenvalue weighted by Crippen LogP contribution is -2.20. The SMILES string of the molecule is CCCOc1ccc(-c2cc(C(C)N)c(=O)[nH]n2)cc1. The van der Waals surface area contributed by atoms with E-state index in [-0.39, 0.29) is 11.6 Å². The zero-order valence-corrected chi connectivity index (χ0v) is 11.7. The molecule has 0 fully saturated rings. The molecule has 1 heterocycles. The molecule has 1 aromatic heterocycles. The molecule has 3 N–H and O–H groups in total. The van der Waals surface area contributed by atoms with Crippen LogP contribution >= 0.6 is 0 Å². The normalized spacial score (nSPS) is 12.2. The Hall–Kier alpha value is -2.14. The first-order chi connectivity index (χ1) is 9.61. The number of aromatic amines is 1. The summed E-state index contributed by atoms with van der Waals surface area (Å²) in [6.07, 6.45) is 0.973. The molecule has 0 radical (unpaired) electrons. The number of benzene rings is 1. The summed E-state index contributed by atoms with van der Waals surface area (Å²) in [6.45, 7) is 4.54. The Labute approximate surface area is 117 Å². The number of hydrogen-bond donors (Lipinski definition) is 2. The third-order valence-electron chi connectivity index (χ3n) is 2.95. The first kappa shape index (κ1) is 14.3. The second-order valence-electron chi connectivity index (χ2n) is 4.70. The highest BCUT2D eigenvalue weighted by atomic mass is 16.5. The molecule has 0 saturated heterocycles. The highest BCUT2D eigenvalue weighted by Crippen LogP contribution is 2.21. The van der Waals surface area contributed by atoms with E-state index >= 15 is 0 Å². The Morgan fingerprint density at radius 1 is 1.35 bits per heavy atom. The van der Waals surface area contributed by atoms with Crippen molar-refractivity contribution in [2.75, 3.05) is 6.61 Å². The van der Waals surface area contributed by atoms with E-state index < -0.39 is 0 Å². The molecule has 0 aliphatic heterocycles. The summed E-state index contributed by atoms with van der Waals surface area (Å²) in [5, 5.41) is 6.53. The fraction of sp³-hybridized carbons (Fsp3) is 0.333. The van der Waals surface area contributed by atoms with E-state index in [2.05, 4.69) is 17.1 Å². The molecule has 20 heavy (non-hydrogen) atoms. The standard InChI is InChI=1S/C15H19N3O2/c1-3-8-20-12-6-4-11(5-7-12)14-9-13(10(2)16)15(19)18-17-14/h4-7,9-10H,3,8,16H2,1-2H3,(H,18,19). The largest absolute Gasteiger partial charge is 0.494 e. The van der Waals surface area contributed by atoms with Gasteiger partial charge in [-0.15, -0.1) is 0 Å². The number of nitrogens with one attached hydrogen (secondary N) is 1. The van der Waals surface area contributed by atoms with Gasteiger partial charge in [0.25, 0.3) is 5.56 Å². The minimum atomic E-state index is -0.326. The van der Waals surface area contributed by atoms with Crippen molar-refractivity contribution in [2.45, 2.75) is 26.3 Å². The van der Waals surface area contributed by atoms with Crippen LogP contribution in [-0.4, -0.2) is 16.8 Å². The molecule has 1 atom stereocenters. The topological polar surface area (TPSA) is 81.0 Å². The van der Waals surface area contributed by atoms with E-state index in [4.69, 9.17) is 10.5 Å². The third kappa shape index (κ3) is 3.24. The van der Waals surface area contributed by atoms with Gasteiger partial charge in [-0.25, -0.2) is 5.10 Å². The quantitative estimate of drug-likeness (QED) is 0.875. The molecule has 5 nitrogen and oxygen atoms in total. The molecule has 0 amide bonds. The Morgan fingerprint density at radius 3 is 2.65 bits per heavy atom. The Kier molecular flexibility index (Phi) is 4.53. The van der Waals surface area contributed by atoms with Gasteiger partial charge in [0.15, 0.2) is 0 Å². The van der Waals surface area contributed by atoms with Gasteiger partial charge in [-0.3, -0.25) is 4.79 Å². The molecule has 0 aliphatic rings. The average Bonchev–Trinajstić information content (AvgIpc) is 2.46. The van der Waals surface area contributed by atoms with E-state index in [1.54, 1.807) is 13.0 Å².